The number of thioether (sulfide) groups is 1. The zero-order valence-corrected chi connectivity index (χ0v) is 24.6. The third-order valence-electron chi connectivity index (χ3n) is 7.93. The van der Waals surface area contributed by atoms with Crippen LogP contribution in [0.5, 0.6) is 11.5 Å². The molecule has 3 aliphatic rings. The maximum Gasteiger partial charge on any atom is 0.240 e. The summed E-state index contributed by atoms with van der Waals surface area (Å²) in [5.41, 5.74) is 5.39. The molecule has 220 valence electrons. The molecule has 1 N–H and O–H groups in total. The summed E-state index contributed by atoms with van der Waals surface area (Å²) in [6.45, 7) is 3.21. The summed E-state index contributed by atoms with van der Waals surface area (Å²) in [6, 6.07) is 23.9. The minimum absolute atomic E-state index is 0.00722. The molecule has 9 nitrogen and oxygen atoms in total. The Hall–Kier alpha value is -4.28. The molecule has 2 amide bonds. The van der Waals surface area contributed by atoms with E-state index >= 15 is 0 Å². The number of nitrogens with one attached hydrogen (secondary N) is 1. The van der Waals surface area contributed by atoms with Gasteiger partial charge in [-0.2, -0.15) is 5.10 Å². The molecule has 0 radical (unpaired) electrons. The van der Waals surface area contributed by atoms with E-state index in [1.807, 2.05) is 84.4 Å². The van der Waals surface area contributed by atoms with E-state index in [9.17, 15) is 9.59 Å². The van der Waals surface area contributed by atoms with Gasteiger partial charge in [0.1, 0.15) is 12.4 Å². The van der Waals surface area contributed by atoms with Crippen molar-refractivity contribution in [1.82, 2.24) is 15.1 Å². The highest BCUT2D eigenvalue weighted by atomic mass is 32.2. The number of amides is 2. The Bertz CT molecular complexity index is 1670. The molecule has 43 heavy (non-hydrogen) atoms. The predicted molar refractivity (Wildman–Crippen MR) is 165 cm³/mol. The average molecular weight is 597 g/mol. The second kappa shape index (κ2) is 11.8. The van der Waals surface area contributed by atoms with Gasteiger partial charge in [0.2, 0.25) is 18.6 Å². The van der Waals surface area contributed by atoms with Crippen LogP contribution in [-0.2, 0) is 14.3 Å². The van der Waals surface area contributed by atoms with Crippen LogP contribution in [0.15, 0.2) is 72.8 Å². The normalized spacial score (nSPS) is 19.3. The van der Waals surface area contributed by atoms with Gasteiger partial charge in [0.25, 0.3) is 0 Å². The smallest absolute Gasteiger partial charge is 0.240 e. The van der Waals surface area contributed by atoms with E-state index < -0.39 is 0 Å². The van der Waals surface area contributed by atoms with Crippen LogP contribution in [0.25, 0.3) is 16.9 Å². The average Bonchev–Trinajstić information content (AvgIpc) is 3.78. The number of benzene rings is 3. The number of ether oxygens (including phenoxy) is 3. The van der Waals surface area contributed by atoms with Gasteiger partial charge >= 0.3 is 0 Å². The Morgan fingerprint density at radius 2 is 1.91 bits per heavy atom. The lowest BCUT2D eigenvalue weighted by Crippen LogP contribution is -2.44. The highest BCUT2D eigenvalue weighted by Crippen LogP contribution is 2.50. The molecule has 0 spiro atoms. The monoisotopic (exact) mass is 596 g/mol. The van der Waals surface area contributed by atoms with Gasteiger partial charge < -0.3 is 19.5 Å². The molecular weight excluding hydrogens is 564 g/mol. The van der Waals surface area contributed by atoms with Gasteiger partial charge in [-0.15, -0.1) is 11.8 Å². The molecule has 3 aromatic carbocycles. The zero-order chi connectivity index (χ0) is 29.3. The summed E-state index contributed by atoms with van der Waals surface area (Å²) in [5, 5.41) is 7.90. The fourth-order valence-corrected chi connectivity index (χ4v) is 7.03. The first-order valence-electron chi connectivity index (χ1n) is 14.5. The first kappa shape index (κ1) is 27.5. The summed E-state index contributed by atoms with van der Waals surface area (Å²) in [7, 11) is 0. The number of hydrogen-bond acceptors (Lipinski definition) is 7. The Balaban J connectivity index is 1.39. The summed E-state index contributed by atoms with van der Waals surface area (Å²) < 4.78 is 18.8. The summed E-state index contributed by atoms with van der Waals surface area (Å²) in [4.78, 5) is 28.9. The van der Waals surface area contributed by atoms with Crippen LogP contribution in [0.1, 0.15) is 34.8 Å². The second-order valence-corrected chi connectivity index (χ2v) is 12.0. The first-order chi connectivity index (χ1) is 21.0. The van der Waals surface area contributed by atoms with Gasteiger partial charge in [-0.1, -0.05) is 48.5 Å². The highest BCUT2D eigenvalue weighted by molar-refractivity contribution is 8.00. The lowest BCUT2D eigenvalue weighted by atomic mass is 9.99. The summed E-state index contributed by atoms with van der Waals surface area (Å²) >= 11 is 1.53. The molecule has 4 aromatic rings. The van der Waals surface area contributed by atoms with Crippen molar-refractivity contribution in [1.29, 1.82) is 0 Å². The van der Waals surface area contributed by atoms with Crippen molar-refractivity contribution in [2.75, 3.05) is 37.1 Å². The molecular formula is C33H32N4O5S. The molecule has 1 saturated heterocycles. The van der Waals surface area contributed by atoms with Gasteiger partial charge in [0, 0.05) is 24.3 Å². The van der Waals surface area contributed by atoms with Crippen LogP contribution >= 0.6 is 11.8 Å². The lowest BCUT2D eigenvalue weighted by molar-refractivity contribution is -0.123. The lowest BCUT2D eigenvalue weighted by Gasteiger charge is -2.23. The van der Waals surface area contributed by atoms with Crippen molar-refractivity contribution in [3.8, 4) is 28.4 Å². The van der Waals surface area contributed by atoms with E-state index in [1.54, 1.807) is 4.90 Å². The van der Waals surface area contributed by atoms with Crippen molar-refractivity contribution in [2.45, 2.75) is 31.1 Å². The third kappa shape index (κ3) is 5.48. The zero-order valence-electron chi connectivity index (χ0n) is 23.8. The maximum atomic E-state index is 13.9. The predicted octanol–water partition coefficient (Wildman–Crippen LogP) is 5.04. The maximum absolute atomic E-state index is 13.9. The van der Waals surface area contributed by atoms with Gasteiger partial charge in [-0.3, -0.25) is 14.5 Å². The van der Waals surface area contributed by atoms with Gasteiger partial charge in [0.05, 0.1) is 28.5 Å². The van der Waals surface area contributed by atoms with E-state index in [4.69, 9.17) is 19.3 Å². The van der Waals surface area contributed by atoms with Crippen LogP contribution in [0.4, 0.5) is 5.82 Å². The van der Waals surface area contributed by atoms with E-state index in [0.29, 0.717) is 30.5 Å². The van der Waals surface area contributed by atoms with E-state index in [0.717, 1.165) is 46.5 Å². The molecule has 3 aliphatic heterocycles. The molecule has 7 rings (SSSR count). The van der Waals surface area contributed by atoms with E-state index in [2.05, 4.69) is 5.32 Å². The Labute approximate surface area is 254 Å². The third-order valence-corrected chi connectivity index (χ3v) is 9.19. The Morgan fingerprint density at radius 1 is 1.05 bits per heavy atom. The largest absolute Gasteiger partial charge is 0.454 e. The van der Waals surface area contributed by atoms with Gasteiger partial charge in [-0.25, -0.2) is 4.68 Å². The van der Waals surface area contributed by atoms with E-state index in [1.165, 1.54) is 11.8 Å². The second-order valence-electron chi connectivity index (χ2n) is 10.9. The van der Waals surface area contributed by atoms with Gasteiger partial charge in [-0.05, 0) is 55.2 Å². The minimum atomic E-state index is -0.262. The van der Waals surface area contributed by atoms with Crippen LogP contribution in [0.2, 0.25) is 0 Å². The SMILES string of the molecule is Cc1cccc(-n2nc(-c3ccccc3)c3c2N(CC(=O)NC[C@@H]2CCCO2)C(=O)CS[C@H]3c2ccc3c(c2)OCO3)c1. The number of carbonyl (C=O) groups is 2. The molecule has 2 atom stereocenters. The van der Waals surface area contributed by atoms with Crippen LogP contribution in [-0.4, -0.2) is 59.9 Å². The molecule has 0 bridgehead atoms. The molecule has 4 heterocycles. The highest BCUT2D eigenvalue weighted by Gasteiger charge is 2.38. The summed E-state index contributed by atoms with van der Waals surface area (Å²) in [5.74, 6) is 1.76. The van der Waals surface area contributed by atoms with Crippen LogP contribution in [0.3, 0.4) is 0 Å². The Morgan fingerprint density at radius 3 is 2.72 bits per heavy atom. The van der Waals surface area contributed by atoms with Crippen molar-refractivity contribution < 1.29 is 23.8 Å². The van der Waals surface area contributed by atoms with Crippen molar-refractivity contribution in [2.24, 2.45) is 0 Å². The molecule has 1 fully saturated rings. The summed E-state index contributed by atoms with van der Waals surface area (Å²) in [6.07, 6.45) is 1.92. The number of aryl methyl sites for hydroxylation is 1. The molecule has 10 heteroatoms. The number of hydrogen-bond donors (Lipinski definition) is 1. The standard InChI is InChI=1S/C33H32N4O5S/c1-21-7-5-10-24(15-21)37-33-30(31(35-37)22-8-3-2-4-9-22)32(23-12-13-26-27(16-23)42-20-41-26)43-19-29(39)36(33)18-28(38)34-17-25-11-6-14-40-25/h2-5,7-10,12-13,15-16,25,32H,6,11,14,17-20H2,1H3,(H,34,38)/t25-,32-/m0/s1. The van der Waals surface area contributed by atoms with Crippen molar-refractivity contribution in [3.05, 3.63) is 89.5 Å². The molecule has 0 unspecified atom stereocenters. The van der Waals surface area contributed by atoms with Crippen LogP contribution in [0, 0.1) is 6.92 Å². The topological polar surface area (TPSA) is 94.9 Å². The van der Waals surface area contributed by atoms with Crippen molar-refractivity contribution in [3.63, 3.8) is 0 Å². The minimum Gasteiger partial charge on any atom is -0.454 e. The fraction of sp³-hybridized carbons (Fsp3) is 0.303. The quantitative estimate of drug-likeness (QED) is 0.319. The van der Waals surface area contributed by atoms with Gasteiger partial charge in [0.15, 0.2) is 11.5 Å². The number of aromatic nitrogens is 2. The molecule has 0 saturated carbocycles. The molecule has 1 aromatic heterocycles. The van der Waals surface area contributed by atoms with Crippen LogP contribution < -0.4 is 19.7 Å². The first-order valence-corrected chi connectivity index (χ1v) is 15.6. The number of nitrogens with zero attached hydrogens (tertiary/aromatic N) is 3. The van der Waals surface area contributed by atoms with E-state index in [-0.39, 0.29) is 42.3 Å². The number of anilines is 1. The molecule has 0 aliphatic carbocycles. The van der Waals surface area contributed by atoms with Crippen molar-refractivity contribution >= 4 is 29.4 Å². The number of fused-ring (bicyclic) bond motifs is 2. The number of rotatable bonds is 7. The fourth-order valence-electron chi connectivity index (χ4n) is 5.84. The Kier molecular flexibility index (Phi) is 7.54. The number of carbonyl (C=O) groups excluding carboxylic acids is 2.